The third-order valence-electron chi connectivity index (χ3n) is 7.54. The SMILES string of the molecule is C=CC(=O)N1CCN(c2nc(=O)n(-c3c(CC)cccc3CC)c3nc(-c4c(O)cccc4F)ccc23)C(C)C1. The van der Waals surface area contributed by atoms with Crippen molar-refractivity contribution in [3.05, 3.63) is 88.6 Å². The minimum atomic E-state index is -0.616. The molecule has 8 nitrogen and oxygen atoms in total. The van der Waals surface area contributed by atoms with Gasteiger partial charge in [-0.3, -0.25) is 4.79 Å². The van der Waals surface area contributed by atoms with Gasteiger partial charge in [0.25, 0.3) is 0 Å². The fourth-order valence-electron chi connectivity index (χ4n) is 5.51. The van der Waals surface area contributed by atoms with Crippen LogP contribution in [0.5, 0.6) is 5.75 Å². The number of aryl methyl sites for hydroxylation is 2. The Labute approximate surface area is 232 Å². The molecule has 1 aliphatic rings. The number of nitrogens with zero attached hydrogens (tertiary/aromatic N) is 5. The molecule has 3 heterocycles. The van der Waals surface area contributed by atoms with Crippen molar-refractivity contribution in [1.82, 2.24) is 19.4 Å². The molecule has 2 aromatic carbocycles. The number of carbonyl (C=O) groups excluding carboxylic acids is 1. The summed E-state index contributed by atoms with van der Waals surface area (Å²) >= 11 is 0. The molecule has 1 unspecified atom stereocenters. The summed E-state index contributed by atoms with van der Waals surface area (Å²) < 4.78 is 16.4. The Morgan fingerprint density at radius 1 is 1.07 bits per heavy atom. The first-order valence-electron chi connectivity index (χ1n) is 13.5. The normalized spacial score (nSPS) is 15.4. The van der Waals surface area contributed by atoms with Crippen molar-refractivity contribution in [3.8, 4) is 22.7 Å². The van der Waals surface area contributed by atoms with Crippen molar-refractivity contribution < 1.29 is 14.3 Å². The summed E-state index contributed by atoms with van der Waals surface area (Å²) in [6, 6.07) is 13.3. The Morgan fingerprint density at radius 2 is 1.77 bits per heavy atom. The van der Waals surface area contributed by atoms with E-state index in [0.717, 1.165) is 16.8 Å². The van der Waals surface area contributed by atoms with E-state index in [1.165, 1.54) is 28.8 Å². The predicted molar refractivity (Wildman–Crippen MR) is 155 cm³/mol. The van der Waals surface area contributed by atoms with Gasteiger partial charge in [0.15, 0.2) is 5.65 Å². The highest BCUT2D eigenvalue weighted by Crippen LogP contribution is 2.34. The van der Waals surface area contributed by atoms with Crippen LogP contribution in [-0.4, -0.2) is 56.1 Å². The van der Waals surface area contributed by atoms with Gasteiger partial charge in [-0.05, 0) is 61.2 Å². The molecule has 0 aliphatic carbocycles. The number of anilines is 1. The number of benzene rings is 2. The summed E-state index contributed by atoms with van der Waals surface area (Å²) in [7, 11) is 0. The number of amides is 1. The maximum atomic E-state index is 14.9. The Kier molecular flexibility index (Phi) is 7.38. The van der Waals surface area contributed by atoms with Crippen LogP contribution in [0.15, 0.2) is 66.0 Å². The molecule has 5 rings (SSSR count). The maximum absolute atomic E-state index is 14.9. The van der Waals surface area contributed by atoms with Gasteiger partial charge in [0.2, 0.25) is 5.91 Å². The molecule has 1 N–H and O–H groups in total. The number of para-hydroxylation sites is 1. The number of phenols is 1. The lowest BCUT2D eigenvalue weighted by atomic mass is 10.0. The standard InChI is InChI=1S/C31H32FN5O3/c1-5-20-10-8-11-21(6-2)28(20)37-30-22(14-15-24(33-30)27-23(32)12-9-13-25(27)38)29(34-31(37)40)36-17-16-35(18-19(36)4)26(39)7-3/h7-15,19,38H,3,5-6,16-18H2,1-2,4H3. The number of phenolic OH excluding ortho intramolecular Hbond substituents is 1. The zero-order chi connectivity index (χ0) is 28.6. The first-order chi connectivity index (χ1) is 19.3. The highest BCUT2D eigenvalue weighted by atomic mass is 19.1. The van der Waals surface area contributed by atoms with Crippen LogP contribution in [0.25, 0.3) is 28.0 Å². The lowest BCUT2D eigenvalue weighted by Crippen LogP contribution is -2.54. The second-order valence-electron chi connectivity index (χ2n) is 9.92. The maximum Gasteiger partial charge on any atom is 0.355 e. The predicted octanol–water partition coefficient (Wildman–Crippen LogP) is 4.64. The zero-order valence-corrected chi connectivity index (χ0v) is 22.9. The van der Waals surface area contributed by atoms with Gasteiger partial charge in [-0.15, -0.1) is 0 Å². The molecular weight excluding hydrogens is 509 g/mol. The molecule has 4 aromatic rings. The van der Waals surface area contributed by atoms with E-state index in [-0.39, 0.29) is 29.0 Å². The van der Waals surface area contributed by atoms with E-state index in [1.54, 1.807) is 17.0 Å². The third kappa shape index (κ3) is 4.61. The number of rotatable bonds is 6. The Balaban J connectivity index is 1.79. The Bertz CT molecular complexity index is 1640. The molecule has 1 fully saturated rings. The van der Waals surface area contributed by atoms with Gasteiger partial charge in [-0.2, -0.15) is 4.98 Å². The highest BCUT2D eigenvalue weighted by Gasteiger charge is 2.30. The summed E-state index contributed by atoms with van der Waals surface area (Å²) in [6.07, 6.45) is 2.67. The van der Waals surface area contributed by atoms with Gasteiger partial charge < -0.3 is 14.9 Å². The van der Waals surface area contributed by atoms with E-state index in [4.69, 9.17) is 4.98 Å². The van der Waals surface area contributed by atoms with Crippen LogP contribution in [0, 0.1) is 5.82 Å². The lowest BCUT2D eigenvalue weighted by Gasteiger charge is -2.40. The van der Waals surface area contributed by atoms with Gasteiger partial charge >= 0.3 is 5.69 Å². The molecule has 1 amide bonds. The fourth-order valence-corrected chi connectivity index (χ4v) is 5.51. The molecule has 206 valence electrons. The van der Waals surface area contributed by atoms with E-state index in [1.807, 2.05) is 43.9 Å². The first-order valence-corrected chi connectivity index (χ1v) is 13.5. The number of halogens is 1. The van der Waals surface area contributed by atoms with E-state index < -0.39 is 11.5 Å². The number of aromatic hydroxyl groups is 1. The van der Waals surface area contributed by atoms with Crippen molar-refractivity contribution >= 4 is 22.8 Å². The third-order valence-corrected chi connectivity index (χ3v) is 7.54. The van der Waals surface area contributed by atoms with Crippen molar-refractivity contribution in [2.45, 2.75) is 39.7 Å². The van der Waals surface area contributed by atoms with Gasteiger partial charge in [0.05, 0.1) is 22.3 Å². The van der Waals surface area contributed by atoms with Crippen molar-refractivity contribution in [1.29, 1.82) is 0 Å². The van der Waals surface area contributed by atoms with Crippen molar-refractivity contribution in [3.63, 3.8) is 0 Å². The second-order valence-corrected chi connectivity index (χ2v) is 9.92. The largest absolute Gasteiger partial charge is 0.507 e. The summed E-state index contributed by atoms with van der Waals surface area (Å²) in [5.74, 6) is -0.540. The van der Waals surface area contributed by atoms with Crippen LogP contribution in [0.4, 0.5) is 10.2 Å². The van der Waals surface area contributed by atoms with Gasteiger partial charge in [-0.1, -0.05) is 44.7 Å². The van der Waals surface area contributed by atoms with Crippen LogP contribution in [-0.2, 0) is 17.6 Å². The van der Waals surface area contributed by atoms with E-state index in [2.05, 4.69) is 11.6 Å². The number of carbonyl (C=O) groups is 1. The minimum absolute atomic E-state index is 0.0360. The van der Waals surface area contributed by atoms with Crippen LogP contribution < -0.4 is 10.6 Å². The Hall–Kier alpha value is -4.53. The lowest BCUT2D eigenvalue weighted by molar-refractivity contribution is -0.126. The molecule has 1 aliphatic heterocycles. The number of hydrogen-bond donors (Lipinski definition) is 1. The number of hydrogen-bond acceptors (Lipinski definition) is 6. The molecule has 0 saturated carbocycles. The van der Waals surface area contributed by atoms with Gasteiger partial charge in [0, 0.05) is 25.7 Å². The first kappa shape index (κ1) is 27.1. The molecule has 0 bridgehead atoms. The smallest absolute Gasteiger partial charge is 0.355 e. The number of fused-ring (bicyclic) bond motifs is 1. The molecule has 1 saturated heterocycles. The molecule has 9 heteroatoms. The molecule has 1 atom stereocenters. The molecule has 40 heavy (non-hydrogen) atoms. The van der Waals surface area contributed by atoms with E-state index >= 15 is 0 Å². The Morgan fingerprint density at radius 3 is 2.40 bits per heavy atom. The summed E-state index contributed by atoms with van der Waals surface area (Å²) in [6.45, 7) is 11.0. The summed E-state index contributed by atoms with van der Waals surface area (Å²) in [5.41, 5.74) is 2.63. The summed E-state index contributed by atoms with van der Waals surface area (Å²) in [4.78, 5) is 39.3. The van der Waals surface area contributed by atoms with Gasteiger partial charge in [-0.25, -0.2) is 18.7 Å². The van der Waals surface area contributed by atoms with Crippen LogP contribution in [0.2, 0.25) is 0 Å². The quantitative estimate of drug-likeness (QED) is 0.358. The van der Waals surface area contributed by atoms with Crippen LogP contribution >= 0.6 is 0 Å². The number of piperazine rings is 1. The van der Waals surface area contributed by atoms with E-state index in [9.17, 15) is 19.1 Å². The van der Waals surface area contributed by atoms with E-state index in [0.29, 0.717) is 49.3 Å². The fraction of sp³-hybridized carbons (Fsp3) is 0.290. The molecule has 0 radical (unpaired) electrons. The molecule has 0 spiro atoms. The molecule has 2 aromatic heterocycles. The average molecular weight is 542 g/mol. The number of aromatic nitrogens is 3. The minimum Gasteiger partial charge on any atom is -0.507 e. The van der Waals surface area contributed by atoms with Crippen molar-refractivity contribution in [2.75, 3.05) is 24.5 Å². The number of pyridine rings is 1. The molecular formula is C31H32FN5O3. The van der Waals surface area contributed by atoms with Crippen molar-refractivity contribution in [2.24, 2.45) is 0 Å². The van der Waals surface area contributed by atoms with Gasteiger partial charge in [0.1, 0.15) is 17.4 Å². The average Bonchev–Trinajstić information content (AvgIpc) is 2.96. The highest BCUT2D eigenvalue weighted by molar-refractivity contribution is 5.91. The monoisotopic (exact) mass is 541 g/mol. The summed E-state index contributed by atoms with van der Waals surface area (Å²) in [5, 5.41) is 11.1. The topological polar surface area (TPSA) is 91.6 Å². The van der Waals surface area contributed by atoms with Crippen LogP contribution in [0.3, 0.4) is 0 Å². The zero-order valence-electron chi connectivity index (χ0n) is 22.9. The van der Waals surface area contributed by atoms with Crippen LogP contribution in [0.1, 0.15) is 31.9 Å². The second kappa shape index (κ2) is 10.9.